The molecule has 122 valence electrons. The van der Waals surface area contributed by atoms with Crippen molar-refractivity contribution in [3.63, 3.8) is 0 Å². The molecule has 0 aliphatic rings. The molecule has 0 aliphatic carbocycles. The Morgan fingerprint density at radius 3 is 2.67 bits per heavy atom. The van der Waals surface area contributed by atoms with Gasteiger partial charge in [0.25, 0.3) is 5.91 Å². The van der Waals surface area contributed by atoms with Crippen LogP contribution in [0.5, 0.6) is 0 Å². The summed E-state index contributed by atoms with van der Waals surface area (Å²) in [4.78, 5) is 20.1. The van der Waals surface area contributed by atoms with E-state index in [1.54, 1.807) is 31.2 Å². The van der Waals surface area contributed by atoms with Gasteiger partial charge < -0.3 is 15.2 Å². The Balaban J connectivity index is 1.60. The minimum absolute atomic E-state index is 0.0870. The zero-order valence-corrected chi connectivity index (χ0v) is 12.8. The Kier molecular flexibility index (Phi) is 4.46. The third kappa shape index (κ3) is 3.72. The fourth-order valence-corrected chi connectivity index (χ4v) is 1.97. The van der Waals surface area contributed by atoms with Crippen molar-refractivity contribution in [2.24, 2.45) is 0 Å². The van der Waals surface area contributed by atoms with Crippen LogP contribution in [0.25, 0.3) is 0 Å². The average Bonchev–Trinajstić information content (AvgIpc) is 2.99. The molecule has 0 fully saturated rings. The number of aryl methyl sites for hydroxylation is 1. The third-order valence-electron chi connectivity index (χ3n) is 3.18. The summed E-state index contributed by atoms with van der Waals surface area (Å²) in [6.45, 7) is 1.85. The van der Waals surface area contributed by atoms with Crippen LogP contribution in [0.1, 0.15) is 21.7 Å². The van der Waals surface area contributed by atoms with Crippen LogP contribution in [-0.4, -0.2) is 21.0 Å². The van der Waals surface area contributed by atoms with Gasteiger partial charge in [0.2, 0.25) is 5.95 Å². The van der Waals surface area contributed by atoms with E-state index in [0.717, 1.165) is 0 Å². The molecule has 0 spiro atoms. The molecule has 0 aliphatic heterocycles. The standard InChI is InChI=1S/C16H14FN5O2/c1-10-6-14(22-24-10)21-16-19-8-12(9-20-16)15(23)18-7-11-4-2-3-5-13(11)17/h2-6,8-9H,7H2,1H3,(H,18,23)(H,19,20,21,22). The third-order valence-corrected chi connectivity index (χ3v) is 3.18. The molecule has 24 heavy (non-hydrogen) atoms. The van der Waals surface area contributed by atoms with Gasteiger partial charge in [0.15, 0.2) is 5.82 Å². The van der Waals surface area contributed by atoms with Crippen LogP contribution in [0.4, 0.5) is 16.2 Å². The summed E-state index contributed by atoms with van der Waals surface area (Å²) in [5.41, 5.74) is 0.680. The van der Waals surface area contributed by atoms with Crippen LogP contribution in [0, 0.1) is 12.7 Å². The van der Waals surface area contributed by atoms with Crippen LogP contribution in [0.15, 0.2) is 47.2 Å². The van der Waals surface area contributed by atoms with Crippen LogP contribution >= 0.6 is 0 Å². The molecule has 3 rings (SSSR count). The fraction of sp³-hybridized carbons (Fsp3) is 0.125. The fourth-order valence-electron chi connectivity index (χ4n) is 1.97. The highest BCUT2D eigenvalue weighted by Crippen LogP contribution is 2.12. The van der Waals surface area contributed by atoms with Gasteiger partial charge in [-0.05, 0) is 13.0 Å². The van der Waals surface area contributed by atoms with Crippen LogP contribution in [0.3, 0.4) is 0 Å². The van der Waals surface area contributed by atoms with Gasteiger partial charge in [0, 0.05) is 30.6 Å². The first kappa shape index (κ1) is 15.6. The van der Waals surface area contributed by atoms with Gasteiger partial charge in [-0.3, -0.25) is 4.79 Å². The summed E-state index contributed by atoms with van der Waals surface area (Å²) in [6.07, 6.45) is 2.75. The number of halogens is 1. The van der Waals surface area contributed by atoms with E-state index in [4.69, 9.17) is 4.52 Å². The number of benzene rings is 1. The minimum atomic E-state index is -0.387. The molecular weight excluding hydrogens is 313 g/mol. The van der Waals surface area contributed by atoms with E-state index >= 15 is 0 Å². The molecule has 0 unspecified atom stereocenters. The van der Waals surface area contributed by atoms with Crippen molar-refractivity contribution in [2.45, 2.75) is 13.5 Å². The Hall–Kier alpha value is -3.29. The molecule has 0 saturated heterocycles. The van der Waals surface area contributed by atoms with Crippen molar-refractivity contribution in [1.82, 2.24) is 20.4 Å². The SMILES string of the molecule is Cc1cc(Nc2ncc(C(=O)NCc3ccccc3F)cn2)no1. The molecule has 3 aromatic rings. The van der Waals surface area contributed by atoms with E-state index in [9.17, 15) is 9.18 Å². The van der Waals surface area contributed by atoms with E-state index in [1.165, 1.54) is 18.5 Å². The summed E-state index contributed by atoms with van der Waals surface area (Å²) in [6, 6.07) is 7.95. The minimum Gasteiger partial charge on any atom is -0.360 e. The molecule has 8 heteroatoms. The van der Waals surface area contributed by atoms with Gasteiger partial charge in [-0.25, -0.2) is 14.4 Å². The van der Waals surface area contributed by atoms with Gasteiger partial charge in [0.1, 0.15) is 11.6 Å². The molecule has 2 aromatic heterocycles. The number of nitrogens with one attached hydrogen (secondary N) is 2. The summed E-state index contributed by atoms with van der Waals surface area (Å²) in [7, 11) is 0. The Labute approximate surface area is 136 Å². The predicted molar refractivity (Wildman–Crippen MR) is 84.1 cm³/mol. The first-order valence-corrected chi connectivity index (χ1v) is 7.16. The normalized spacial score (nSPS) is 10.4. The molecule has 1 aromatic carbocycles. The van der Waals surface area contributed by atoms with Crippen LogP contribution < -0.4 is 10.6 Å². The van der Waals surface area contributed by atoms with Crippen molar-refractivity contribution in [2.75, 3.05) is 5.32 Å². The molecule has 7 nitrogen and oxygen atoms in total. The Bertz CT molecular complexity index is 848. The lowest BCUT2D eigenvalue weighted by atomic mass is 10.2. The molecular formula is C16H14FN5O2. The van der Waals surface area contributed by atoms with Gasteiger partial charge in [-0.15, -0.1) is 0 Å². The van der Waals surface area contributed by atoms with Gasteiger partial charge >= 0.3 is 0 Å². The number of nitrogens with zero attached hydrogens (tertiary/aromatic N) is 3. The van der Waals surface area contributed by atoms with Crippen molar-refractivity contribution < 1.29 is 13.7 Å². The average molecular weight is 327 g/mol. The van der Waals surface area contributed by atoms with Crippen LogP contribution in [0.2, 0.25) is 0 Å². The van der Waals surface area contributed by atoms with Crippen LogP contribution in [-0.2, 0) is 6.54 Å². The van der Waals surface area contributed by atoms with Crippen molar-refractivity contribution >= 4 is 17.7 Å². The Morgan fingerprint density at radius 1 is 1.25 bits per heavy atom. The van der Waals surface area contributed by atoms with Crippen molar-refractivity contribution in [1.29, 1.82) is 0 Å². The summed E-state index contributed by atoms with van der Waals surface area (Å²) in [5, 5.41) is 9.23. The second-order valence-electron chi connectivity index (χ2n) is 5.02. The van der Waals surface area contributed by atoms with E-state index < -0.39 is 0 Å². The van der Waals surface area contributed by atoms with Gasteiger partial charge in [-0.2, -0.15) is 0 Å². The molecule has 0 saturated carbocycles. The van der Waals surface area contributed by atoms with E-state index in [1.807, 2.05) is 0 Å². The lowest BCUT2D eigenvalue weighted by molar-refractivity contribution is 0.0950. The number of carbonyl (C=O) groups excluding carboxylic acids is 1. The van der Waals surface area contributed by atoms with Crippen molar-refractivity contribution in [3.8, 4) is 0 Å². The molecule has 2 N–H and O–H groups in total. The smallest absolute Gasteiger partial charge is 0.254 e. The number of aromatic nitrogens is 3. The predicted octanol–water partition coefficient (Wildman–Crippen LogP) is 2.59. The van der Waals surface area contributed by atoms with Crippen molar-refractivity contribution in [3.05, 3.63) is 65.4 Å². The second-order valence-corrected chi connectivity index (χ2v) is 5.02. The van der Waals surface area contributed by atoms with E-state index in [-0.39, 0.29) is 29.8 Å². The first-order valence-electron chi connectivity index (χ1n) is 7.16. The second kappa shape index (κ2) is 6.86. The van der Waals surface area contributed by atoms with Gasteiger partial charge in [0.05, 0.1) is 5.56 Å². The maximum atomic E-state index is 13.5. The maximum absolute atomic E-state index is 13.5. The number of hydrogen-bond acceptors (Lipinski definition) is 6. The molecule has 2 heterocycles. The molecule has 1 amide bonds. The topological polar surface area (TPSA) is 92.9 Å². The summed E-state index contributed by atoms with van der Waals surface area (Å²) in [5.74, 6) is 0.665. The lowest BCUT2D eigenvalue weighted by Crippen LogP contribution is -2.23. The molecule has 0 radical (unpaired) electrons. The maximum Gasteiger partial charge on any atom is 0.254 e. The highest BCUT2D eigenvalue weighted by Gasteiger charge is 2.09. The summed E-state index contributed by atoms with van der Waals surface area (Å²) >= 11 is 0. The van der Waals surface area contributed by atoms with Gasteiger partial charge in [-0.1, -0.05) is 23.4 Å². The number of hydrogen-bond donors (Lipinski definition) is 2. The summed E-state index contributed by atoms with van der Waals surface area (Å²) < 4.78 is 18.4. The molecule has 0 atom stereocenters. The lowest BCUT2D eigenvalue weighted by Gasteiger charge is -2.06. The molecule has 0 bridgehead atoms. The first-order chi connectivity index (χ1) is 11.6. The highest BCUT2D eigenvalue weighted by molar-refractivity contribution is 5.93. The monoisotopic (exact) mass is 327 g/mol. The Morgan fingerprint density at radius 2 is 2.00 bits per heavy atom. The zero-order valence-electron chi connectivity index (χ0n) is 12.8. The number of amides is 1. The number of rotatable bonds is 5. The highest BCUT2D eigenvalue weighted by atomic mass is 19.1. The number of anilines is 2. The van der Waals surface area contributed by atoms with E-state index in [2.05, 4.69) is 25.8 Å². The van der Waals surface area contributed by atoms with E-state index in [0.29, 0.717) is 17.1 Å². The largest absolute Gasteiger partial charge is 0.360 e. The zero-order chi connectivity index (χ0) is 16.9. The quantitative estimate of drug-likeness (QED) is 0.748. The number of carbonyl (C=O) groups is 1.